The van der Waals surface area contributed by atoms with Crippen LogP contribution in [0.15, 0.2) is 18.3 Å². The number of benzene rings is 1. The van der Waals surface area contributed by atoms with Gasteiger partial charge in [-0.25, -0.2) is 4.79 Å². The minimum atomic E-state index is -4.63. The predicted molar refractivity (Wildman–Crippen MR) is 91.6 cm³/mol. The maximum atomic E-state index is 12.6. The van der Waals surface area contributed by atoms with Gasteiger partial charge < -0.3 is 10.2 Å². The number of H-pyrrole nitrogens is 1. The van der Waals surface area contributed by atoms with Crippen molar-refractivity contribution in [3.63, 3.8) is 0 Å². The number of piperidine rings is 1. The summed E-state index contributed by atoms with van der Waals surface area (Å²) in [7, 11) is 0. The van der Waals surface area contributed by atoms with Gasteiger partial charge in [0.15, 0.2) is 0 Å². The Balaban J connectivity index is 1.54. The SMILES string of the molecule is O=C1NC2(CCN(c3cc(Cl)cc4[nH]ncc34)CC2)C(=O)N1CC(F)(F)F. The fraction of sp³-hybridized carbons (Fsp3) is 0.438. The zero-order valence-corrected chi connectivity index (χ0v) is 14.7. The summed E-state index contributed by atoms with van der Waals surface area (Å²) in [5.74, 6) is -0.816. The molecular formula is C16H15ClF3N5O2. The van der Waals surface area contributed by atoms with E-state index >= 15 is 0 Å². The summed E-state index contributed by atoms with van der Waals surface area (Å²) >= 11 is 6.14. The van der Waals surface area contributed by atoms with Crippen LogP contribution in [0.5, 0.6) is 0 Å². The first kappa shape index (κ1) is 17.9. The van der Waals surface area contributed by atoms with Crippen LogP contribution in [0.3, 0.4) is 0 Å². The number of urea groups is 1. The lowest BCUT2D eigenvalue weighted by Gasteiger charge is -2.38. The van der Waals surface area contributed by atoms with E-state index < -0.39 is 30.2 Å². The maximum Gasteiger partial charge on any atom is 0.406 e. The smallest absolute Gasteiger partial charge is 0.371 e. The van der Waals surface area contributed by atoms with Gasteiger partial charge >= 0.3 is 12.2 Å². The molecule has 11 heteroatoms. The van der Waals surface area contributed by atoms with Crippen molar-refractivity contribution < 1.29 is 22.8 Å². The second kappa shape index (κ2) is 6.01. The molecule has 2 aliphatic heterocycles. The van der Waals surface area contributed by atoms with Crippen LogP contribution < -0.4 is 10.2 Å². The van der Waals surface area contributed by atoms with Gasteiger partial charge in [0.25, 0.3) is 5.91 Å². The number of nitrogens with one attached hydrogen (secondary N) is 2. The molecule has 7 nitrogen and oxygen atoms in total. The van der Waals surface area contributed by atoms with Crippen LogP contribution in [0.4, 0.5) is 23.7 Å². The van der Waals surface area contributed by atoms with Gasteiger partial charge in [-0.15, -0.1) is 0 Å². The van der Waals surface area contributed by atoms with Gasteiger partial charge in [0.1, 0.15) is 12.1 Å². The summed E-state index contributed by atoms with van der Waals surface area (Å²) in [6.45, 7) is -0.813. The number of anilines is 1. The normalized spacial score (nSPS) is 20.0. The highest BCUT2D eigenvalue weighted by molar-refractivity contribution is 6.31. The molecule has 2 N–H and O–H groups in total. The van der Waals surface area contributed by atoms with Crippen molar-refractivity contribution >= 4 is 40.1 Å². The predicted octanol–water partition coefficient (Wildman–Crippen LogP) is 2.67. The van der Waals surface area contributed by atoms with Gasteiger partial charge in [-0.1, -0.05) is 11.6 Å². The van der Waals surface area contributed by atoms with Crippen LogP contribution in [0, 0.1) is 0 Å². The molecule has 27 heavy (non-hydrogen) atoms. The highest BCUT2D eigenvalue weighted by Gasteiger charge is 2.54. The Morgan fingerprint density at radius 2 is 1.93 bits per heavy atom. The second-order valence-corrected chi connectivity index (χ2v) is 7.20. The van der Waals surface area contributed by atoms with Gasteiger partial charge in [0.2, 0.25) is 0 Å². The lowest BCUT2D eigenvalue weighted by atomic mass is 9.87. The molecule has 3 heterocycles. The van der Waals surface area contributed by atoms with Crippen LogP contribution in [0.2, 0.25) is 5.02 Å². The minimum Gasteiger partial charge on any atom is -0.371 e. The molecule has 1 aromatic carbocycles. The van der Waals surface area contributed by atoms with Crippen LogP contribution in [0.1, 0.15) is 12.8 Å². The summed E-state index contributed by atoms with van der Waals surface area (Å²) in [5, 5.41) is 10.7. The molecule has 0 bridgehead atoms. The molecule has 1 aromatic heterocycles. The molecule has 0 radical (unpaired) electrons. The van der Waals surface area contributed by atoms with E-state index in [1.54, 1.807) is 18.3 Å². The average molecular weight is 402 g/mol. The third-order valence-corrected chi connectivity index (χ3v) is 5.26. The molecule has 3 amide bonds. The summed E-state index contributed by atoms with van der Waals surface area (Å²) in [4.78, 5) is 26.7. The number of hydrogen-bond acceptors (Lipinski definition) is 4. The number of aromatic nitrogens is 2. The molecule has 4 rings (SSSR count). The van der Waals surface area contributed by atoms with Crippen LogP contribution in [-0.2, 0) is 4.79 Å². The van der Waals surface area contributed by atoms with Crippen molar-refractivity contribution in [2.45, 2.75) is 24.6 Å². The summed E-state index contributed by atoms with van der Waals surface area (Å²) in [6.07, 6.45) is -2.55. The van der Waals surface area contributed by atoms with E-state index in [1.165, 1.54) is 0 Å². The molecule has 2 fully saturated rings. The van der Waals surface area contributed by atoms with Crippen molar-refractivity contribution in [3.8, 4) is 0 Å². The van der Waals surface area contributed by atoms with E-state index in [-0.39, 0.29) is 17.7 Å². The van der Waals surface area contributed by atoms with E-state index in [2.05, 4.69) is 15.5 Å². The molecule has 1 spiro atoms. The maximum absolute atomic E-state index is 12.6. The molecule has 2 aromatic rings. The topological polar surface area (TPSA) is 81.3 Å². The number of rotatable bonds is 2. The van der Waals surface area contributed by atoms with Crippen molar-refractivity contribution in [3.05, 3.63) is 23.4 Å². The number of fused-ring (bicyclic) bond motifs is 1. The zero-order chi connectivity index (χ0) is 19.4. The highest BCUT2D eigenvalue weighted by atomic mass is 35.5. The molecule has 0 saturated carbocycles. The van der Waals surface area contributed by atoms with Crippen LogP contribution in [0.25, 0.3) is 10.9 Å². The Morgan fingerprint density at radius 3 is 2.59 bits per heavy atom. The fourth-order valence-electron chi connectivity index (χ4n) is 3.73. The third-order valence-electron chi connectivity index (χ3n) is 5.04. The molecule has 2 aliphatic rings. The lowest BCUT2D eigenvalue weighted by Crippen LogP contribution is -2.55. The number of halogens is 4. The molecule has 0 atom stereocenters. The Kier molecular flexibility index (Phi) is 3.99. The number of alkyl halides is 3. The Bertz CT molecular complexity index is 920. The third kappa shape index (κ3) is 3.07. The van der Waals surface area contributed by atoms with E-state index in [1.807, 2.05) is 4.90 Å². The van der Waals surface area contributed by atoms with Gasteiger partial charge in [-0.05, 0) is 25.0 Å². The number of aromatic amines is 1. The second-order valence-electron chi connectivity index (χ2n) is 6.76. The monoisotopic (exact) mass is 401 g/mol. The van der Waals surface area contributed by atoms with E-state index in [0.717, 1.165) is 16.6 Å². The number of carbonyl (C=O) groups is 2. The van der Waals surface area contributed by atoms with Crippen molar-refractivity contribution in [2.75, 3.05) is 24.5 Å². The van der Waals surface area contributed by atoms with Gasteiger partial charge in [-0.3, -0.25) is 14.8 Å². The minimum absolute atomic E-state index is 0.206. The van der Waals surface area contributed by atoms with Gasteiger partial charge in [0, 0.05) is 29.2 Å². The first-order chi connectivity index (χ1) is 12.7. The Hall–Kier alpha value is -2.49. The number of hydrogen-bond donors (Lipinski definition) is 2. The Morgan fingerprint density at radius 1 is 1.22 bits per heavy atom. The van der Waals surface area contributed by atoms with Gasteiger partial charge in [-0.2, -0.15) is 18.3 Å². The van der Waals surface area contributed by atoms with Crippen molar-refractivity contribution in [1.82, 2.24) is 20.4 Å². The lowest BCUT2D eigenvalue weighted by molar-refractivity contribution is -0.155. The largest absolute Gasteiger partial charge is 0.406 e. The first-order valence-corrected chi connectivity index (χ1v) is 8.65. The fourth-order valence-corrected chi connectivity index (χ4v) is 3.94. The number of carbonyl (C=O) groups excluding carboxylic acids is 2. The quantitative estimate of drug-likeness (QED) is 0.758. The van der Waals surface area contributed by atoms with Crippen LogP contribution >= 0.6 is 11.6 Å². The average Bonchev–Trinajstić information content (AvgIpc) is 3.13. The molecule has 0 unspecified atom stereocenters. The molecule has 144 valence electrons. The van der Waals surface area contributed by atoms with Crippen LogP contribution in [-0.4, -0.2) is 58.4 Å². The molecule has 2 saturated heterocycles. The highest BCUT2D eigenvalue weighted by Crippen LogP contribution is 2.36. The summed E-state index contributed by atoms with van der Waals surface area (Å²) < 4.78 is 37.9. The summed E-state index contributed by atoms with van der Waals surface area (Å²) in [6, 6.07) is 2.53. The Labute approximate surface area is 156 Å². The van der Waals surface area contributed by atoms with E-state index in [4.69, 9.17) is 11.6 Å². The number of imide groups is 1. The number of amides is 3. The van der Waals surface area contributed by atoms with Gasteiger partial charge in [0.05, 0.1) is 11.7 Å². The van der Waals surface area contributed by atoms with E-state index in [9.17, 15) is 22.8 Å². The van der Waals surface area contributed by atoms with Crippen molar-refractivity contribution in [2.24, 2.45) is 0 Å². The molecule has 0 aliphatic carbocycles. The standard InChI is InChI=1S/C16H15ClF3N5O2/c17-9-5-11-10(7-21-23-11)12(6-9)24-3-1-15(2-4-24)13(26)25(14(27)22-15)8-16(18,19)20/h5-7H,1-4,8H2,(H,21,23)(H,22,27). The molecular weight excluding hydrogens is 387 g/mol. The summed E-state index contributed by atoms with van der Waals surface area (Å²) in [5.41, 5.74) is 0.303. The van der Waals surface area contributed by atoms with E-state index in [0.29, 0.717) is 18.1 Å². The number of nitrogens with zero attached hydrogens (tertiary/aromatic N) is 3. The zero-order valence-electron chi connectivity index (χ0n) is 13.9. The first-order valence-electron chi connectivity index (χ1n) is 8.27. The van der Waals surface area contributed by atoms with Crippen molar-refractivity contribution in [1.29, 1.82) is 0 Å².